The average molecular weight is 201 g/mol. The number of hydrogen-bond acceptors (Lipinski definition) is 3. The molecular formula is C12H11NO2. The molecule has 0 saturated carbocycles. The van der Waals surface area contributed by atoms with Crippen molar-refractivity contribution in [2.75, 3.05) is 7.11 Å². The Labute approximate surface area is 87.7 Å². The van der Waals surface area contributed by atoms with Crippen LogP contribution in [0, 0.1) is 0 Å². The summed E-state index contributed by atoms with van der Waals surface area (Å²) in [5.74, 6) is -0.230. The molecule has 0 fully saturated rings. The monoisotopic (exact) mass is 201 g/mol. The summed E-state index contributed by atoms with van der Waals surface area (Å²) in [6, 6.07) is 9.60. The van der Waals surface area contributed by atoms with Gasteiger partial charge in [-0.1, -0.05) is 18.2 Å². The summed E-state index contributed by atoms with van der Waals surface area (Å²) >= 11 is 0. The number of rotatable bonds is 2. The normalized spacial score (nSPS) is 10.2. The molecule has 2 rings (SSSR count). The van der Waals surface area contributed by atoms with Crippen LogP contribution in [0.2, 0.25) is 0 Å². The van der Waals surface area contributed by atoms with Crippen LogP contribution in [0.15, 0.2) is 36.5 Å². The number of hydrogen-bond donors (Lipinski definition) is 0. The van der Waals surface area contributed by atoms with Crippen molar-refractivity contribution in [3.05, 3.63) is 42.1 Å². The number of carbonyl (C=O) groups excluding carboxylic acids is 1. The van der Waals surface area contributed by atoms with E-state index in [1.807, 2.05) is 30.3 Å². The highest BCUT2D eigenvalue weighted by atomic mass is 16.5. The van der Waals surface area contributed by atoms with E-state index in [0.29, 0.717) is 6.42 Å². The van der Waals surface area contributed by atoms with Gasteiger partial charge in [0.25, 0.3) is 0 Å². The molecule has 0 unspecified atom stereocenters. The van der Waals surface area contributed by atoms with Crippen LogP contribution in [0.1, 0.15) is 5.56 Å². The molecule has 0 aliphatic rings. The molecule has 3 heteroatoms. The molecule has 0 bridgehead atoms. The van der Waals surface area contributed by atoms with Crippen molar-refractivity contribution in [3.63, 3.8) is 0 Å². The number of nitrogens with zero attached hydrogens (tertiary/aromatic N) is 1. The van der Waals surface area contributed by atoms with Gasteiger partial charge in [0.15, 0.2) is 0 Å². The molecule has 0 radical (unpaired) electrons. The Kier molecular flexibility index (Phi) is 2.63. The summed E-state index contributed by atoms with van der Waals surface area (Å²) in [6.45, 7) is 0. The Balaban J connectivity index is 2.46. The lowest BCUT2D eigenvalue weighted by Crippen LogP contribution is -2.04. The summed E-state index contributed by atoms with van der Waals surface area (Å²) in [7, 11) is 1.39. The predicted octanol–water partition coefficient (Wildman–Crippen LogP) is 1.95. The molecule has 0 spiro atoms. The molecular weight excluding hydrogens is 190 g/mol. The first kappa shape index (κ1) is 9.65. The van der Waals surface area contributed by atoms with Crippen LogP contribution in [-0.2, 0) is 16.0 Å². The second-order valence-corrected chi connectivity index (χ2v) is 3.24. The fourth-order valence-corrected chi connectivity index (χ4v) is 1.54. The van der Waals surface area contributed by atoms with Gasteiger partial charge in [0, 0.05) is 11.6 Å². The van der Waals surface area contributed by atoms with Gasteiger partial charge in [-0.2, -0.15) is 0 Å². The maximum absolute atomic E-state index is 11.2. The maximum Gasteiger partial charge on any atom is 0.310 e. The number of ether oxygens (including phenoxy) is 1. The number of methoxy groups -OCH3 is 1. The van der Waals surface area contributed by atoms with Gasteiger partial charge in [-0.05, 0) is 17.7 Å². The lowest BCUT2D eigenvalue weighted by Gasteiger charge is -2.04. The van der Waals surface area contributed by atoms with Crippen molar-refractivity contribution >= 4 is 16.9 Å². The molecule has 2 aromatic rings. The average Bonchev–Trinajstić information content (AvgIpc) is 2.29. The Bertz CT molecular complexity index is 488. The van der Waals surface area contributed by atoms with E-state index in [2.05, 4.69) is 9.72 Å². The quantitative estimate of drug-likeness (QED) is 0.697. The van der Waals surface area contributed by atoms with Crippen molar-refractivity contribution in [2.24, 2.45) is 0 Å². The Morgan fingerprint density at radius 2 is 2.13 bits per heavy atom. The lowest BCUT2D eigenvalue weighted by molar-refractivity contribution is -0.139. The zero-order chi connectivity index (χ0) is 10.7. The second-order valence-electron chi connectivity index (χ2n) is 3.24. The van der Waals surface area contributed by atoms with Gasteiger partial charge >= 0.3 is 5.97 Å². The fraction of sp³-hybridized carbons (Fsp3) is 0.167. The summed E-state index contributed by atoms with van der Waals surface area (Å²) < 4.78 is 4.64. The van der Waals surface area contributed by atoms with Crippen molar-refractivity contribution in [1.82, 2.24) is 4.98 Å². The summed E-state index contributed by atoms with van der Waals surface area (Å²) in [5.41, 5.74) is 1.85. The molecule has 0 saturated heterocycles. The largest absolute Gasteiger partial charge is 0.469 e. The fourth-order valence-electron chi connectivity index (χ4n) is 1.54. The van der Waals surface area contributed by atoms with E-state index in [1.54, 1.807) is 6.20 Å². The predicted molar refractivity (Wildman–Crippen MR) is 57.5 cm³/mol. The zero-order valence-electron chi connectivity index (χ0n) is 8.43. The van der Waals surface area contributed by atoms with Crippen LogP contribution < -0.4 is 0 Å². The van der Waals surface area contributed by atoms with Gasteiger partial charge in [-0.15, -0.1) is 0 Å². The topological polar surface area (TPSA) is 39.2 Å². The molecule has 1 heterocycles. The first-order valence-corrected chi connectivity index (χ1v) is 4.70. The molecule has 0 aliphatic heterocycles. The van der Waals surface area contributed by atoms with Gasteiger partial charge in [0.1, 0.15) is 0 Å². The molecule has 0 aliphatic carbocycles. The number of para-hydroxylation sites is 1. The molecule has 0 atom stereocenters. The van der Waals surface area contributed by atoms with Crippen LogP contribution in [0.25, 0.3) is 10.9 Å². The highest BCUT2D eigenvalue weighted by Crippen LogP contribution is 2.16. The third-order valence-corrected chi connectivity index (χ3v) is 2.30. The third kappa shape index (κ3) is 1.96. The van der Waals surface area contributed by atoms with Crippen molar-refractivity contribution < 1.29 is 9.53 Å². The third-order valence-electron chi connectivity index (χ3n) is 2.30. The highest BCUT2D eigenvalue weighted by molar-refractivity contribution is 5.86. The minimum atomic E-state index is -0.230. The van der Waals surface area contributed by atoms with Crippen LogP contribution in [0.3, 0.4) is 0 Å². The van der Waals surface area contributed by atoms with E-state index in [9.17, 15) is 4.79 Å². The second kappa shape index (κ2) is 4.09. The standard InChI is InChI=1S/C12H11NO2/c1-15-12(14)8-9-6-7-13-11-5-3-2-4-10(9)11/h2-7H,8H2,1H3. The molecule has 0 N–H and O–H groups in total. The number of aromatic nitrogens is 1. The lowest BCUT2D eigenvalue weighted by atomic mass is 10.1. The SMILES string of the molecule is COC(=O)Cc1ccnc2ccccc12. The van der Waals surface area contributed by atoms with E-state index in [1.165, 1.54) is 7.11 Å². The molecule has 15 heavy (non-hydrogen) atoms. The van der Waals surface area contributed by atoms with Crippen LogP contribution in [-0.4, -0.2) is 18.1 Å². The van der Waals surface area contributed by atoms with Gasteiger partial charge < -0.3 is 4.74 Å². The number of benzene rings is 1. The minimum Gasteiger partial charge on any atom is -0.469 e. The van der Waals surface area contributed by atoms with Crippen LogP contribution in [0.5, 0.6) is 0 Å². The van der Waals surface area contributed by atoms with E-state index in [0.717, 1.165) is 16.5 Å². The Morgan fingerprint density at radius 3 is 2.93 bits per heavy atom. The first-order chi connectivity index (χ1) is 7.31. The van der Waals surface area contributed by atoms with Crippen molar-refractivity contribution in [1.29, 1.82) is 0 Å². The Morgan fingerprint density at radius 1 is 1.33 bits per heavy atom. The molecule has 1 aromatic carbocycles. The molecule has 1 aromatic heterocycles. The number of carbonyl (C=O) groups is 1. The van der Waals surface area contributed by atoms with Gasteiger partial charge in [-0.25, -0.2) is 0 Å². The van der Waals surface area contributed by atoms with Crippen molar-refractivity contribution in [3.8, 4) is 0 Å². The van der Waals surface area contributed by atoms with Gasteiger partial charge in [0.2, 0.25) is 0 Å². The van der Waals surface area contributed by atoms with Crippen molar-refractivity contribution in [2.45, 2.75) is 6.42 Å². The summed E-state index contributed by atoms with van der Waals surface area (Å²) in [6.07, 6.45) is 2.00. The Hall–Kier alpha value is -1.90. The van der Waals surface area contributed by atoms with E-state index in [-0.39, 0.29) is 5.97 Å². The first-order valence-electron chi connectivity index (χ1n) is 4.70. The smallest absolute Gasteiger partial charge is 0.310 e. The van der Waals surface area contributed by atoms with E-state index in [4.69, 9.17) is 0 Å². The minimum absolute atomic E-state index is 0.230. The number of pyridine rings is 1. The highest BCUT2D eigenvalue weighted by Gasteiger charge is 2.06. The van der Waals surface area contributed by atoms with Crippen LogP contribution in [0.4, 0.5) is 0 Å². The molecule has 76 valence electrons. The van der Waals surface area contributed by atoms with Crippen LogP contribution >= 0.6 is 0 Å². The maximum atomic E-state index is 11.2. The summed E-state index contributed by atoms with van der Waals surface area (Å²) in [5, 5.41) is 1.01. The van der Waals surface area contributed by atoms with Gasteiger partial charge in [-0.3, -0.25) is 9.78 Å². The summed E-state index contributed by atoms with van der Waals surface area (Å²) in [4.78, 5) is 15.4. The van der Waals surface area contributed by atoms with E-state index >= 15 is 0 Å². The number of fused-ring (bicyclic) bond motifs is 1. The van der Waals surface area contributed by atoms with Gasteiger partial charge in [0.05, 0.1) is 19.0 Å². The number of esters is 1. The zero-order valence-corrected chi connectivity index (χ0v) is 8.43. The van der Waals surface area contributed by atoms with E-state index < -0.39 is 0 Å². The molecule has 0 amide bonds. The molecule has 3 nitrogen and oxygen atoms in total.